The van der Waals surface area contributed by atoms with Crippen LogP contribution in [0.15, 0.2) is 43.7 Å². The molecule has 2 aromatic rings. The molecule has 0 aromatic heterocycles. The molecule has 0 amide bonds. The normalized spacial score (nSPS) is 12.2. The van der Waals surface area contributed by atoms with Gasteiger partial charge in [-0.1, -0.05) is 22.0 Å². The highest BCUT2D eigenvalue weighted by Gasteiger charge is 2.14. The largest absolute Gasteiger partial charge is 0.508 e. The van der Waals surface area contributed by atoms with Gasteiger partial charge in [0, 0.05) is 25.0 Å². The van der Waals surface area contributed by atoms with Crippen LogP contribution in [0.3, 0.4) is 0 Å². The fourth-order valence-electron chi connectivity index (χ4n) is 1.84. The first kappa shape index (κ1) is 15.8. The van der Waals surface area contributed by atoms with Crippen molar-refractivity contribution < 1.29 is 9.50 Å². The first-order chi connectivity index (χ1) is 9.38. The molecular weight excluding hydrogens is 457 g/mol. The number of nitrogens with one attached hydrogen (secondary N) is 1. The molecule has 6 heteroatoms. The zero-order valence-electron chi connectivity index (χ0n) is 10.4. The molecule has 0 spiro atoms. The van der Waals surface area contributed by atoms with E-state index in [9.17, 15) is 9.50 Å². The fourth-order valence-corrected chi connectivity index (χ4v) is 4.33. The Morgan fingerprint density at radius 1 is 1.10 bits per heavy atom. The van der Waals surface area contributed by atoms with Gasteiger partial charge < -0.3 is 10.4 Å². The van der Waals surface area contributed by atoms with Crippen LogP contribution < -0.4 is 5.32 Å². The third kappa shape index (κ3) is 3.54. The highest BCUT2D eigenvalue weighted by atomic mass is 79.9. The minimum absolute atomic E-state index is 0.0792. The van der Waals surface area contributed by atoms with E-state index in [1.54, 1.807) is 6.07 Å². The van der Waals surface area contributed by atoms with E-state index < -0.39 is 5.82 Å². The van der Waals surface area contributed by atoms with E-state index in [2.05, 4.69) is 53.1 Å². The topological polar surface area (TPSA) is 32.3 Å². The maximum absolute atomic E-state index is 13.8. The van der Waals surface area contributed by atoms with E-state index in [1.807, 2.05) is 19.1 Å². The van der Waals surface area contributed by atoms with Gasteiger partial charge in [-0.2, -0.15) is 0 Å². The second kappa shape index (κ2) is 6.45. The van der Waals surface area contributed by atoms with Gasteiger partial charge in [0.15, 0.2) is 0 Å². The molecule has 0 fully saturated rings. The Kier molecular flexibility index (Phi) is 5.09. The monoisotopic (exact) mass is 465 g/mol. The summed E-state index contributed by atoms with van der Waals surface area (Å²) in [7, 11) is 0. The number of benzene rings is 2. The standard InChI is InChI=1S/C14H11Br3FNO/c1-7(10-3-2-9(20)6-13(10)18)19-14-11(16)4-8(15)5-12(14)17/h2-7,19-20H,1H3. The Bertz CT molecular complexity index is 625. The van der Waals surface area contributed by atoms with Gasteiger partial charge in [0.2, 0.25) is 0 Å². The first-order valence-corrected chi connectivity index (χ1v) is 8.16. The third-order valence-electron chi connectivity index (χ3n) is 2.82. The number of aromatic hydroxyl groups is 1. The number of rotatable bonds is 3. The Balaban J connectivity index is 2.30. The lowest BCUT2D eigenvalue weighted by Gasteiger charge is -2.19. The summed E-state index contributed by atoms with van der Waals surface area (Å²) in [5, 5.41) is 12.5. The summed E-state index contributed by atoms with van der Waals surface area (Å²) in [6.45, 7) is 1.86. The minimum Gasteiger partial charge on any atom is -0.508 e. The SMILES string of the molecule is CC(Nc1c(Br)cc(Br)cc1Br)c1ccc(O)cc1F. The molecule has 0 bridgehead atoms. The van der Waals surface area contributed by atoms with Crippen molar-refractivity contribution in [3.05, 3.63) is 55.1 Å². The van der Waals surface area contributed by atoms with Gasteiger partial charge in [0.1, 0.15) is 11.6 Å². The maximum atomic E-state index is 13.8. The van der Waals surface area contributed by atoms with Crippen molar-refractivity contribution in [1.29, 1.82) is 0 Å². The molecule has 1 unspecified atom stereocenters. The summed E-state index contributed by atoms with van der Waals surface area (Å²) in [6, 6.07) is 7.73. The number of phenols is 1. The lowest BCUT2D eigenvalue weighted by molar-refractivity contribution is 0.467. The van der Waals surface area contributed by atoms with Crippen LogP contribution in [0.5, 0.6) is 5.75 Å². The van der Waals surface area contributed by atoms with E-state index in [1.165, 1.54) is 6.07 Å². The number of anilines is 1. The molecule has 0 aliphatic carbocycles. The molecule has 0 saturated heterocycles. The summed E-state index contributed by atoms with van der Waals surface area (Å²) in [5.41, 5.74) is 1.33. The quantitative estimate of drug-likeness (QED) is 0.581. The Morgan fingerprint density at radius 3 is 2.25 bits per heavy atom. The predicted molar refractivity (Wildman–Crippen MR) is 89.6 cm³/mol. The predicted octanol–water partition coefficient (Wildman–Crippen LogP) is 5.99. The number of hydrogen-bond donors (Lipinski definition) is 2. The van der Waals surface area contributed by atoms with Crippen LogP contribution in [0.25, 0.3) is 0 Å². The van der Waals surface area contributed by atoms with E-state index in [-0.39, 0.29) is 11.8 Å². The van der Waals surface area contributed by atoms with E-state index in [4.69, 9.17) is 0 Å². The lowest BCUT2D eigenvalue weighted by atomic mass is 10.1. The molecule has 0 aliphatic rings. The van der Waals surface area contributed by atoms with Gasteiger partial charge >= 0.3 is 0 Å². The van der Waals surface area contributed by atoms with Crippen molar-refractivity contribution in [2.75, 3.05) is 5.32 Å². The average Bonchev–Trinajstić information content (AvgIpc) is 2.33. The first-order valence-electron chi connectivity index (χ1n) is 5.78. The molecule has 2 aromatic carbocycles. The van der Waals surface area contributed by atoms with Crippen LogP contribution in [0.4, 0.5) is 10.1 Å². The van der Waals surface area contributed by atoms with Crippen molar-refractivity contribution >= 4 is 53.5 Å². The third-order valence-corrected chi connectivity index (χ3v) is 4.53. The summed E-state index contributed by atoms with van der Waals surface area (Å²) in [6.07, 6.45) is 0. The number of hydrogen-bond acceptors (Lipinski definition) is 2. The highest BCUT2D eigenvalue weighted by molar-refractivity contribution is 9.11. The average molecular weight is 468 g/mol. The Labute approximate surface area is 141 Å². The molecule has 1 atom stereocenters. The van der Waals surface area contributed by atoms with Crippen molar-refractivity contribution in [2.24, 2.45) is 0 Å². The summed E-state index contributed by atoms with van der Waals surface area (Å²) < 4.78 is 16.5. The molecule has 2 rings (SSSR count). The lowest BCUT2D eigenvalue weighted by Crippen LogP contribution is -2.09. The Morgan fingerprint density at radius 2 is 1.70 bits per heavy atom. The van der Waals surface area contributed by atoms with Crippen LogP contribution in [0.2, 0.25) is 0 Å². The Hall–Kier alpha value is -0.590. The fraction of sp³-hybridized carbons (Fsp3) is 0.143. The summed E-state index contributed by atoms with van der Waals surface area (Å²) in [4.78, 5) is 0. The van der Waals surface area contributed by atoms with Crippen molar-refractivity contribution in [2.45, 2.75) is 13.0 Å². The van der Waals surface area contributed by atoms with E-state index in [0.29, 0.717) is 5.56 Å². The molecule has 20 heavy (non-hydrogen) atoms. The summed E-state index contributed by atoms with van der Waals surface area (Å²) in [5.74, 6) is -0.515. The second-order valence-electron chi connectivity index (χ2n) is 4.32. The van der Waals surface area contributed by atoms with Gasteiger partial charge in [-0.15, -0.1) is 0 Å². The number of phenolic OH excluding ortho intramolecular Hbond substituents is 1. The van der Waals surface area contributed by atoms with Crippen molar-refractivity contribution in [3.8, 4) is 5.75 Å². The molecular formula is C14H11Br3FNO. The van der Waals surface area contributed by atoms with Gasteiger partial charge in [-0.25, -0.2) is 4.39 Å². The zero-order valence-corrected chi connectivity index (χ0v) is 15.2. The molecule has 106 valence electrons. The summed E-state index contributed by atoms with van der Waals surface area (Å²) >= 11 is 10.3. The van der Waals surface area contributed by atoms with Gasteiger partial charge in [-0.05, 0) is 57.0 Å². The van der Waals surface area contributed by atoms with Gasteiger partial charge in [0.25, 0.3) is 0 Å². The molecule has 0 saturated carbocycles. The second-order valence-corrected chi connectivity index (χ2v) is 6.94. The number of halogens is 4. The van der Waals surface area contributed by atoms with E-state index >= 15 is 0 Å². The van der Waals surface area contributed by atoms with Crippen LogP contribution in [-0.2, 0) is 0 Å². The van der Waals surface area contributed by atoms with Crippen LogP contribution in [-0.4, -0.2) is 5.11 Å². The van der Waals surface area contributed by atoms with Crippen molar-refractivity contribution in [1.82, 2.24) is 0 Å². The van der Waals surface area contributed by atoms with Gasteiger partial charge in [-0.3, -0.25) is 0 Å². The molecule has 0 aliphatic heterocycles. The highest BCUT2D eigenvalue weighted by Crippen LogP contribution is 2.36. The molecule has 2 nitrogen and oxygen atoms in total. The zero-order chi connectivity index (χ0) is 14.9. The maximum Gasteiger partial charge on any atom is 0.132 e. The molecule has 0 radical (unpaired) electrons. The van der Waals surface area contributed by atoms with Gasteiger partial charge in [0.05, 0.1) is 11.7 Å². The van der Waals surface area contributed by atoms with Crippen LogP contribution in [0.1, 0.15) is 18.5 Å². The molecule has 2 N–H and O–H groups in total. The van der Waals surface area contributed by atoms with E-state index in [0.717, 1.165) is 25.2 Å². The van der Waals surface area contributed by atoms with Crippen molar-refractivity contribution in [3.63, 3.8) is 0 Å². The smallest absolute Gasteiger partial charge is 0.132 e. The van der Waals surface area contributed by atoms with Crippen LogP contribution in [0, 0.1) is 5.82 Å². The minimum atomic E-state index is -0.436. The van der Waals surface area contributed by atoms with Crippen LogP contribution >= 0.6 is 47.8 Å². The molecule has 0 heterocycles.